The number of nitrogens with one attached hydrogen (secondary N) is 1. The molecule has 8 atom stereocenters. The zero-order chi connectivity index (χ0) is 31.2. The maximum atomic E-state index is 14.1. The molecule has 0 saturated heterocycles. The number of carbonyl (C=O) groups is 1. The number of ketones is 1. The molecule has 0 aliphatic heterocycles. The molecule has 0 heterocycles. The number of aryl methyl sites for hydroxylation is 1. The molecule has 0 aromatic heterocycles. The Balaban J connectivity index is 1.37. The molecule has 4 aliphatic rings. The average Bonchev–Trinajstić information content (AvgIpc) is 3.26. The summed E-state index contributed by atoms with van der Waals surface area (Å²) in [5.41, 5.74) is 2.29. The third-order valence-electron chi connectivity index (χ3n) is 11.9. The number of nitrogens with zero attached hydrogens (tertiary/aromatic N) is 2. The first-order chi connectivity index (χ1) is 20.4. The maximum absolute atomic E-state index is 14.1. The molecule has 1 aromatic rings. The van der Waals surface area contributed by atoms with E-state index in [1.165, 1.54) is 29.1 Å². The Morgan fingerprint density at radius 1 is 1.23 bits per heavy atom. The van der Waals surface area contributed by atoms with Gasteiger partial charge in [-0.05, 0) is 92.7 Å². The van der Waals surface area contributed by atoms with Gasteiger partial charge in [0, 0.05) is 43.0 Å². The van der Waals surface area contributed by atoms with Gasteiger partial charge in [0.1, 0.15) is 5.60 Å². The van der Waals surface area contributed by atoms with Gasteiger partial charge in [0.25, 0.3) is 0 Å². The van der Waals surface area contributed by atoms with Crippen molar-refractivity contribution in [2.24, 2.45) is 39.5 Å². The van der Waals surface area contributed by atoms with Gasteiger partial charge in [0.2, 0.25) is 0 Å². The number of benzene rings is 1. The maximum Gasteiger partial charge on any atom is 0.175 e. The lowest BCUT2D eigenvalue weighted by molar-refractivity contribution is -0.178. The van der Waals surface area contributed by atoms with Crippen LogP contribution in [0.3, 0.4) is 0 Å². The normalized spacial score (nSPS) is 38.1. The number of aliphatic hydroxyl groups excluding tert-OH is 1. The number of aliphatic imine (C=N–C) groups is 1. The summed E-state index contributed by atoms with van der Waals surface area (Å²) in [6.07, 6.45) is 11.6. The Hall–Kier alpha value is -2.22. The zero-order valence-electron chi connectivity index (χ0n) is 26.9. The van der Waals surface area contributed by atoms with Gasteiger partial charge in [0.15, 0.2) is 5.78 Å². The number of hydrogen-bond donors (Lipinski definition) is 3. The van der Waals surface area contributed by atoms with Gasteiger partial charge in [-0.15, -0.1) is 11.8 Å². The standard InChI is InChI=1S/C36H51N3O3S/c1-7-8-13-32(39(6)29-12-10-9-11-23(29)2)43-22-31(41)36(42)17-16-27-26-15-14-25-18-28(38-5)24(21-37)19-34(25,3)33(26)30(40)20-35(27,36)4/h9-13,18,21,24,26-27,30,33,37,40,42H,7-8,14-17,19-20,22H2,1-6H3. The first kappa shape index (κ1) is 32.2. The van der Waals surface area contributed by atoms with Crippen LogP contribution in [0.2, 0.25) is 0 Å². The highest BCUT2D eigenvalue weighted by atomic mass is 32.2. The number of Topliss-reactive ketones (excluding diaryl/α,β-unsaturated/α-hetero) is 1. The van der Waals surface area contributed by atoms with Crippen LogP contribution >= 0.6 is 11.8 Å². The lowest BCUT2D eigenvalue weighted by atomic mass is 9.45. The summed E-state index contributed by atoms with van der Waals surface area (Å²) in [6, 6.07) is 8.28. The number of carbonyl (C=O) groups excluding carboxylic acids is 1. The molecule has 234 valence electrons. The molecule has 0 amide bonds. The molecule has 0 radical (unpaired) electrons. The Kier molecular flexibility index (Phi) is 9.20. The van der Waals surface area contributed by atoms with Crippen molar-refractivity contribution in [3.63, 3.8) is 0 Å². The predicted molar refractivity (Wildman–Crippen MR) is 179 cm³/mol. The number of para-hydroxylation sites is 1. The van der Waals surface area contributed by atoms with E-state index < -0.39 is 17.1 Å². The van der Waals surface area contributed by atoms with E-state index in [1.807, 2.05) is 12.1 Å². The fourth-order valence-electron chi connectivity index (χ4n) is 9.54. The number of rotatable bonds is 9. The van der Waals surface area contributed by atoms with Crippen LogP contribution in [0.5, 0.6) is 0 Å². The summed E-state index contributed by atoms with van der Waals surface area (Å²) in [7, 11) is 3.85. The largest absolute Gasteiger partial charge is 0.393 e. The van der Waals surface area contributed by atoms with Crippen molar-refractivity contribution in [2.45, 2.75) is 90.8 Å². The van der Waals surface area contributed by atoms with Crippen LogP contribution in [-0.4, -0.2) is 59.5 Å². The number of unbranched alkanes of at least 4 members (excludes halogenated alkanes) is 1. The molecular formula is C36H51N3O3S. The van der Waals surface area contributed by atoms with Gasteiger partial charge >= 0.3 is 0 Å². The molecule has 6 nitrogen and oxygen atoms in total. The van der Waals surface area contributed by atoms with Crippen molar-refractivity contribution in [1.29, 1.82) is 5.41 Å². The second kappa shape index (κ2) is 12.3. The van der Waals surface area contributed by atoms with Crippen molar-refractivity contribution in [2.75, 3.05) is 24.7 Å². The summed E-state index contributed by atoms with van der Waals surface area (Å²) >= 11 is 1.52. The second-order valence-corrected chi connectivity index (χ2v) is 15.0. The monoisotopic (exact) mass is 605 g/mol. The minimum atomic E-state index is -1.45. The number of thioether (sulfide) groups is 1. The number of allylic oxidation sites excluding steroid dienone is 3. The van der Waals surface area contributed by atoms with E-state index in [2.05, 4.69) is 68.9 Å². The van der Waals surface area contributed by atoms with Crippen molar-refractivity contribution >= 4 is 35.2 Å². The van der Waals surface area contributed by atoms with Gasteiger partial charge in [-0.3, -0.25) is 9.79 Å². The van der Waals surface area contributed by atoms with Gasteiger partial charge in [-0.1, -0.05) is 57.0 Å². The first-order valence-electron chi connectivity index (χ1n) is 16.2. The van der Waals surface area contributed by atoms with Crippen LogP contribution in [0, 0.1) is 46.8 Å². The molecule has 0 bridgehead atoms. The van der Waals surface area contributed by atoms with Crippen LogP contribution in [0.4, 0.5) is 5.69 Å². The summed E-state index contributed by atoms with van der Waals surface area (Å²) in [5.74, 6) is 0.544. The van der Waals surface area contributed by atoms with Crippen molar-refractivity contribution in [3.8, 4) is 0 Å². The van der Waals surface area contributed by atoms with E-state index >= 15 is 0 Å². The Bertz CT molecular complexity index is 1340. The fourth-order valence-corrected chi connectivity index (χ4v) is 10.6. The van der Waals surface area contributed by atoms with Gasteiger partial charge in [-0.2, -0.15) is 0 Å². The highest BCUT2D eigenvalue weighted by Crippen LogP contribution is 2.68. The lowest BCUT2D eigenvalue weighted by Crippen LogP contribution is -2.62. The topological polar surface area (TPSA) is 97.0 Å². The molecule has 0 spiro atoms. The van der Waals surface area contributed by atoms with Crippen molar-refractivity contribution < 1.29 is 15.0 Å². The van der Waals surface area contributed by atoms with E-state index in [9.17, 15) is 15.0 Å². The van der Waals surface area contributed by atoms with Crippen LogP contribution in [-0.2, 0) is 4.79 Å². The van der Waals surface area contributed by atoms with E-state index in [1.54, 1.807) is 7.05 Å². The summed E-state index contributed by atoms with van der Waals surface area (Å²) in [5, 5.41) is 33.3. The molecule has 43 heavy (non-hydrogen) atoms. The van der Waals surface area contributed by atoms with Gasteiger partial charge in [-0.25, -0.2) is 0 Å². The first-order valence-corrected chi connectivity index (χ1v) is 17.2. The Labute approximate surface area is 262 Å². The van der Waals surface area contributed by atoms with Crippen LogP contribution in [0.1, 0.15) is 77.7 Å². The molecule has 5 rings (SSSR count). The molecule has 3 fully saturated rings. The van der Waals surface area contributed by atoms with Crippen molar-refractivity contribution in [1.82, 2.24) is 0 Å². The Morgan fingerprint density at radius 3 is 2.65 bits per heavy atom. The smallest absolute Gasteiger partial charge is 0.175 e. The molecule has 7 heteroatoms. The molecule has 1 aromatic carbocycles. The van der Waals surface area contributed by atoms with Crippen LogP contribution in [0.15, 0.2) is 52.0 Å². The molecule has 4 aliphatic carbocycles. The van der Waals surface area contributed by atoms with E-state index in [4.69, 9.17) is 5.41 Å². The van der Waals surface area contributed by atoms with E-state index in [-0.39, 0.29) is 40.6 Å². The quantitative estimate of drug-likeness (QED) is 0.264. The number of fused-ring (bicyclic) bond motifs is 5. The molecule has 3 N–H and O–H groups in total. The minimum Gasteiger partial charge on any atom is -0.393 e. The van der Waals surface area contributed by atoms with Crippen LogP contribution in [0.25, 0.3) is 0 Å². The van der Waals surface area contributed by atoms with Crippen molar-refractivity contribution in [3.05, 3.63) is 52.6 Å². The predicted octanol–water partition coefficient (Wildman–Crippen LogP) is 6.99. The minimum absolute atomic E-state index is 0.0371. The highest BCUT2D eigenvalue weighted by molar-refractivity contribution is 8.03. The molecular weight excluding hydrogens is 554 g/mol. The second-order valence-electron chi connectivity index (χ2n) is 14.0. The zero-order valence-corrected chi connectivity index (χ0v) is 27.7. The van der Waals surface area contributed by atoms with Gasteiger partial charge in [0.05, 0.1) is 16.9 Å². The third-order valence-corrected chi connectivity index (χ3v) is 13.0. The lowest BCUT2D eigenvalue weighted by Gasteiger charge is -2.61. The van der Waals surface area contributed by atoms with Crippen LogP contribution < -0.4 is 4.90 Å². The summed E-state index contributed by atoms with van der Waals surface area (Å²) in [4.78, 5) is 20.7. The number of aliphatic hydroxyl groups is 2. The average molecular weight is 606 g/mol. The SMILES string of the molecule is CCCC=C(SCC(=O)C1(O)CCC2C3CCC4=CC(=NC)C(C=N)CC4(C)C3C(O)CC21C)N(C)c1ccccc1C. The molecule has 3 saturated carbocycles. The molecule has 8 unspecified atom stereocenters. The number of hydrogen-bond acceptors (Lipinski definition) is 7. The fraction of sp³-hybridized carbons (Fsp3) is 0.639. The Morgan fingerprint density at radius 2 is 1.98 bits per heavy atom. The third kappa shape index (κ3) is 5.27. The van der Waals surface area contributed by atoms with E-state index in [0.29, 0.717) is 12.8 Å². The highest BCUT2D eigenvalue weighted by Gasteiger charge is 2.68. The van der Waals surface area contributed by atoms with Gasteiger partial charge < -0.3 is 20.5 Å². The summed E-state index contributed by atoms with van der Waals surface area (Å²) in [6.45, 7) is 8.61. The van der Waals surface area contributed by atoms with E-state index in [0.717, 1.165) is 55.0 Å². The summed E-state index contributed by atoms with van der Waals surface area (Å²) < 4.78 is 0. The number of anilines is 1.